The molecule has 0 aliphatic heterocycles. The van der Waals surface area contributed by atoms with Crippen molar-refractivity contribution >= 4 is 5.91 Å². The van der Waals surface area contributed by atoms with Crippen molar-refractivity contribution < 1.29 is 9.53 Å². The highest BCUT2D eigenvalue weighted by molar-refractivity contribution is 5.79. The average Bonchev–Trinajstić information content (AvgIpc) is 2.34. The van der Waals surface area contributed by atoms with Crippen molar-refractivity contribution in [2.75, 3.05) is 13.7 Å². The van der Waals surface area contributed by atoms with Crippen LogP contribution in [-0.2, 0) is 9.53 Å². The number of rotatable bonds is 7. The largest absolute Gasteiger partial charge is 0.378 e. The van der Waals surface area contributed by atoms with Gasteiger partial charge in [0.1, 0.15) is 0 Å². The van der Waals surface area contributed by atoms with Crippen molar-refractivity contribution in [1.82, 2.24) is 5.32 Å². The van der Waals surface area contributed by atoms with E-state index in [1.165, 1.54) is 25.7 Å². The number of nitrogens with one attached hydrogen (secondary N) is 1. The molecule has 3 atom stereocenters. The van der Waals surface area contributed by atoms with Crippen LogP contribution in [0.1, 0.15) is 45.4 Å². The number of likely N-dealkylation sites (N-methyl/N-ethyl adjacent to an activating group) is 1. The topological polar surface area (TPSA) is 64.3 Å². The van der Waals surface area contributed by atoms with E-state index in [4.69, 9.17) is 10.5 Å². The average molecular weight is 242 g/mol. The van der Waals surface area contributed by atoms with E-state index in [1.807, 2.05) is 0 Å². The fourth-order valence-electron chi connectivity index (χ4n) is 2.55. The molecule has 17 heavy (non-hydrogen) atoms. The van der Waals surface area contributed by atoms with Crippen LogP contribution >= 0.6 is 0 Å². The van der Waals surface area contributed by atoms with E-state index in [2.05, 4.69) is 12.2 Å². The number of carbonyl (C=O) groups excluding carboxylic acids is 1. The zero-order valence-corrected chi connectivity index (χ0v) is 11.1. The molecule has 1 fully saturated rings. The minimum atomic E-state index is -0.300. The van der Waals surface area contributed by atoms with Crippen LogP contribution in [0.15, 0.2) is 0 Å². The lowest BCUT2D eigenvalue weighted by molar-refractivity contribution is -0.120. The first-order chi connectivity index (χ1) is 8.17. The summed E-state index contributed by atoms with van der Waals surface area (Å²) in [5.41, 5.74) is 5.25. The number of amides is 1. The lowest BCUT2D eigenvalue weighted by Gasteiger charge is -2.28. The third-order valence-corrected chi connectivity index (χ3v) is 3.76. The molecule has 4 nitrogen and oxygen atoms in total. The van der Waals surface area contributed by atoms with Gasteiger partial charge >= 0.3 is 0 Å². The molecule has 0 saturated heterocycles. The molecule has 3 unspecified atom stereocenters. The van der Waals surface area contributed by atoms with Crippen LogP contribution in [0, 0.1) is 5.92 Å². The van der Waals surface area contributed by atoms with Gasteiger partial charge in [0.2, 0.25) is 5.91 Å². The molecule has 0 aromatic rings. The van der Waals surface area contributed by atoms with Gasteiger partial charge < -0.3 is 15.8 Å². The monoisotopic (exact) mass is 242 g/mol. The highest BCUT2D eigenvalue weighted by Gasteiger charge is 2.21. The second-order valence-corrected chi connectivity index (χ2v) is 4.97. The number of ether oxygens (including phenoxy) is 1. The van der Waals surface area contributed by atoms with Crippen molar-refractivity contribution in [3.05, 3.63) is 0 Å². The second-order valence-electron chi connectivity index (χ2n) is 4.97. The van der Waals surface area contributed by atoms with E-state index in [0.717, 1.165) is 12.3 Å². The van der Waals surface area contributed by atoms with E-state index in [1.54, 1.807) is 7.05 Å². The molecular weight excluding hydrogens is 216 g/mol. The summed E-state index contributed by atoms with van der Waals surface area (Å²) in [5.74, 6) is 0.524. The number of hydrogen-bond acceptors (Lipinski definition) is 3. The summed E-state index contributed by atoms with van der Waals surface area (Å²) < 4.78 is 5.85. The lowest BCUT2D eigenvalue weighted by atomic mass is 9.85. The molecule has 1 rings (SSSR count). The molecule has 100 valence electrons. The Balaban J connectivity index is 2.19. The van der Waals surface area contributed by atoms with Gasteiger partial charge in [0.05, 0.1) is 12.1 Å². The van der Waals surface area contributed by atoms with Gasteiger partial charge in [-0.1, -0.05) is 26.2 Å². The predicted molar refractivity (Wildman–Crippen MR) is 68.6 cm³/mol. The predicted octanol–water partition coefficient (Wildman–Crippen LogP) is 1.44. The van der Waals surface area contributed by atoms with Crippen LogP contribution in [0.2, 0.25) is 0 Å². The van der Waals surface area contributed by atoms with E-state index in [-0.39, 0.29) is 11.9 Å². The molecule has 1 aliphatic rings. The highest BCUT2D eigenvalue weighted by Crippen LogP contribution is 2.28. The molecule has 1 aliphatic carbocycles. The maximum absolute atomic E-state index is 11.0. The highest BCUT2D eigenvalue weighted by atomic mass is 16.5. The minimum Gasteiger partial charge on any atom is -0.378 e. The Bertz CT molecular complexity index is 233. The van der Waals surface area contributed by atoms with Gasteiger partial charge in [0.25, 0.3) is 0 Å². The molecule has 1 saturated carbocycles. The molecule has 3 N–H and O–H groups in total. The first-order valence-electron chi connectivity index (χ1n) is 6.75. The van der Waals surface area contributed by atoms with Gasteiger partial charge in [-0.2, -0.15) is 0 Å². The summed E-state index contributed by atoms with van der Waals surface area (Å²) >= 11 is 0. The number of primary amides is 1. The zero-order chi connectivity index (χ0) is 12.7. The van der Waals surface area contributed by atoms with Crippen molar-refractivity contribution in [3.63, 3.8) is 0 Å². The van der Waals surface area contributed by atoms with Gasteiger partial charge in [0, 0.05) is 6.61 Å². The first-order valence-corrected chi connectivity index (χ1v) is 6.75. The molecule has 0 aromatic heterocycles. The van der Waals surface area contributed by atoms with Gasteiger partial charge in [-0.15, -0.1) is 0 Å². The third-order valence-electron chi connectivity index (χ3n) is 3.76. The molecule has 0 aromatic carbocycles. The second kappa shape index (κ2) is 7.67. The van der Waals surface area contributed by atoms with Crippen LogP contribution in [0.5, 0.6) is 0 Å². The Morgan fingerprint density at radius 1 is 1.53 bits per heavy atom. The molecule has 1 amide bonds. The maximum atomic E-state index is 11.0. The Morgan fingerprint density at radius 3 is 2.88 bits per heavy atom. The first kappa shape index (κ1) is 14.5. The number of nitrogens with two attached hydrogens (primary N) is 1. The smallest absolute Gasteiger partial charge is 0.234 e. The summed E-state index contributed by atoms with van der Waals surface area (Å²) in [7, 11) is 1.75. The van der Waals surface area contributed by atoms with E-state index in [0.29, 0.717) is 19.1 Å². The van der Waals surface area contributed by atoms with Crippen LogP contribution in [0.4, 0.5) is 0 Å². The molecule has 0 bridgehead atoms. The number of carbonyl (C=O) groups is 1. The van der Waals surface area contributed by atoms with Crippen molar-refractivity contribution in [3.8, 4) is 0 Å². The third kappa shape index (κ3) is 5.04. The zero-order valence-electron chi connectivity index (χ0n) is 11.1. The summed E-state index contributed by atoms with van der Waals surface area (Å²) in [6.45, 7) is 2.87. The number of hydrogen-bond donors (Lipinski definition) is 2. The van der Waals surface area contributed by atoms with E-state index in [9.17, 15) is 4.79 Å². The Labute approximate surface area is 104 Å². The van der Waals surface area contributed by atoms with Gasteiger partial charge in [-0.05, 0) is 32.2 Å². The SMILES string of the molecule is CCC1CCCC(OCCC(NC)C(N)=O)C1. The van der Waals surface area contributed by atoms with E-state index >= 15 is 0 Å². The molecule has 4 heteroatoms. The fraction of sp³-hybridized carbons (Fsp3) is 0.923. The molecular formula is C13H26N2O2. The summed E-state index contributed by atoms with van der Waals surface area (Å²) in [5, 5.41) is 2.90. The van der Waals surface area contributed by atoms with Crippen LogP contribution in [0.3, 0.4) is 0 Å². The Kier molecular flexibility index (Phi) is 6.52. The Hall–Kier alpha value is -0.610. The summed E-state index contributed by atoms with van der Waals surface area (Å²) in [6, 6.07) is -0.263. The van der Waals surface area contributed by atoms with Crippen LogP contribution < -0.4 is 11.1 Å². The van der Waals surface area contributed by atoms with Crippen LogP contribution in [0.25, 0.3) is 0 Å². The quantitative estimate of drug-likeness (QED) is 0.710. The van der Waals surface area contributed by atoms with Crippen LogP contribution in [-0.4, -0.2) is 31.7 Å². The van der Waals surface area contributed by atoms with Gasteiger partial charge in [-0.3, -0.25) is 4.79 Å². The normalized spacial score (nSPS) is 26.7. The fourth-order valence-corrected chi connectivity index (χ4v) is 2.55. The molecule has 0 heterocycles. The Morgan fingerprint density at radius 2 is 2.29 bits per heavy atom. The van der Waals surface area contributed by atoms with Gasteiger partial charge in [0.15, 0.2) is 0 Å². The maximum Gasteiger partial charge on any atom is 0.234 e. The summed E-state index contributed by atoms with van der Waals surface area (Å²) in [4.78, 5) is 11.0. The minimum absolute atomic E-state index is 0.263. The van der Waals surface area contributed by atoms with Crippen molar-refractivity contribution in [1.29, 1.82) is 0 Å². The van der Waals surface area contributed by atoms with Crippen molar-refractivity contribution in [2.24, 2.45) is 11.7 Å². The molecule has 0 spiro atoms. The van der Waals surface area contributed by atoms with Crippen molar-refractivity contribution in [2.45, 2.75) is 57.6 Å². The van der Waals surface area contributed by atoms with Gasteiger partial charge in [-0.25, -0.2) is 0 Å². The lowest BCUT2D eigenvalue weighted by Crippen LogP contribution is -2.40. The van der Waals surface area contributed by atoms with E-state index < -0.39 is 0 Å². The standard InChI is InChI=1S/C13H26N2O2/c1-3-10-5-4-6-11(9-10)17-8-7-12(15-2)13(14)16/h10-12,15H,3-9H2,1-2H3,(H2,14,16). The molecule has 0 radical (unpaired) electrons. The summed E-state index contributed by atoms with van der Waals surface area (Å²) in [6.07, 6.45) is 7.26.